The van der Waals surface area contributed by atoms with E-state index in [-0.39, 0.29) is 30.7 Å². The third-order valence-corrected chi connectivity index (χ3v) is 2.95. The van der Waals surface area contributed by atoms with E-state index in [1.165, 1.54) is 0 Å². The van der Waals surface area contributed by atoms with E-state index in [9.17, 15) is 4.79 Å². The molecule has 0 spiro atoms. The molecule has 6 nitrogen and oxygen atoms in total. The SMILES string of the molecule is CC(C)(N)C(=O)Nc1ccc(N2CCOCC2)cn1.Cl.Cl. The zero-order valence-electron chi connectivity index (χ0n) is 12.2. The molecule has 0 aliphatic carbocycles. The molecule has 21 heavy (non-hydrogen) atoms. The molecular weight excluding hydrogens is 315 g/mol. The molecular formula is C13H22Cl2N4O2. The molecule has 0 bridgehead atoms. The average Bonchev–Trinajstić information content (AvgIpc) is 2.39. The molecule has 1 amide bonds. The Balaban J connectivity index is 0.00000200. The van der Waals surface area contributed by atoms with Crippen LogP contribution in [0.4, 0.5) is 11.5 Å². The number of nitrogens with zero attached hydrogens (tertiary/aromatic N) is 2. The Morgan fingerprint density at radius 3 is 2.43 bits per heavy atom. The van der Waals surface area contributed by atoms with Crippen LogP contribution in [0.2, 0.25) is 0 Å². The lowest BCUT2D eigenvalue weighted by Gasteiger charge is -2.28. The van der Waals surface area contributed by atoms with Crippen molar-refractivity contribution in [1.82, 2.24) is 4.98 Å². The van der Waals surface area contributed by atoms with Gasteiger partial charge in [0, 0.05) is 13.1 Å². The van der Waals surface area contributed by atoms with Gasteiger partial charge in [-0.1, -0.05) is 0 Å². The Labute approximate surface area is 137 Å². The van der Waals surface area contributed by atoms with E-state index >= 15 is 0 Å². The van der Waals surface area contributed by atoms with Crippen molar-refractivity contribution in [2.45, 2.75) is 19.4 Å². The van der Waals surface area contributed by atoms with Crippen LogP contribution in [-0.4, -0.2) is 42.7 Å². The first-order valence-corrected chi connectivity index (χ1v) is 6.36. The Morgan fingerprint density at radius 1 is 1.33 bits per heavy atom. The van der Waals surface area contributed by atoms with Crippen LogP contribution in [0.3, 0.4) is 0 Å². The molecule has 0 atom stereocenters. The summed E-state index contributed by atoms with van der Waals surface area (Å²) in [6, 6.07) is 3.73. The van der Waals surface area contributed by atoms with Crippen molar-refractivity contribution in [3.63, 3.8) is 0 Å². The van der Waals surface area contributed by atoms with Crippen LogP contribution < -0.4 is 16.0 Å². The predicted octanol–water partition coefficient (Wildman–Crippen LogP) is 1.44. The summed E-state index contributed by atoms with van der Waals surface area (Å²) >= 11 is 0. The Bertz CT molecular complexity index is 442. The number of ether oxygens (including phenoxy) is 1. The van der Waals surface area contributed by atoms with Crippen molar-refractivity contribution >= 4 is 42.2 Å². The van der Waals surface area contributed by atoms with Crippen LogP contribution in [0.5, 0.6) is 0 Å². The van der Waals surface area contributed by atoms with Gasteiger partial charge in [0.2, 0.25) is 5.91 Å². The van der Waals surface area contributed by atoms with Gasteiger partial charge in [-0.25, -0.2) is 4.98 Å². The second kappa shape index (κ2) is 8.38. The summed E-state index contributed by atoms with van der Waals surface area (Å²) in [7, 11) is 0. The number of anilines is 2. The molecule has 1 aliphatic heterocycles. The first-order chi connectivity index (χ1) is 8.97. The molecule has 2 rings (SSSR count). The second-order valence-electron chi connectivity index (χ2n) is 5.18. The van der Waals surface area contributed by atoms with Crippen LogP contribution in [0.25, 0.3) is 0 Å². The van der Waals surface area contributed by atoms with Gasteiger partial charge in [-0.05, 0) is 26.0 Å². The number of hydrogen-bond acceptors (Lipinski definition) is 5. The van der Waals surface area contributed by atoms with Crippen molar-refractivity contribution in [2.24, 2.45) is 5.73 Å². The van der Waals surface area contributed by atoms with E-state index in [0.717, 1.165) is 32.0 Å². The third kappa shape index (κ3) is 5.67. The van der Waals surface area contributed by atoms with Crippen molar-refractivity contribution in [3.05, 3.63) is 18.3 Å². The first kappa shape index (κ1) is 19.9. The number of pyridine rings is 1. The Hall–Kier alpha value is -1.08. The molecule has 2 heterocycles. The molecule has 8 heteroatoms. The molecule has 3 N–H and O–H groups in total. The van der Waals surface area contributed by atoms with Crippen molar-refractivity contribution in [3.8, 4) is 0 Å². The minimum atomic E-state index is -0.912. The fourth-order valence-electron chi connectivity index (χ4n) is 1.75. The number of morpholine rings is 1. The maximum atomic E-state index is 11.7. The van der Waals surface area contributed by atoms with Gasteiger partial charge in [0.15, 0.2) is 0 Å². The maximum absolute atomic E-state index is 11.7. The number of hydrogen-bond donors (Lipinski definition) is 2. The molecule has 1 aromatic rings. The van der Waals surface area contributed by atoms with Gasteiger partial charge in [-0.3, -0.25) is 4.79 Å². The van der Waals surface area contributed by atoms with E-state index < -0.39 is 5.54 Å². The third-order valence-electron chi connectivity index (χ3n) is 2.95. The van der Waals surface area contributed by atoms with Crippen LogP contribution >= 0.6 is 24.8 Å². The smallest absolute Gasteiger partial charge is 0.245 e. The molecule has 0 saturated carbocycles. The quantitative estimate of drug-likeness (QED) is 0.872. The average molecular weight is 337 g/mol. The molecule has 0 aromatic carbocycles. The highest BCUT2D eigenvalue weighted by atomic mass is 35.5. The summed E-state index contributed by atoms with van der Waals surface area (Å²) in [6.45, 7) is 6.51. The lowest BCUT2D eigenvalue weighted by Crippen LogP contribution is -2.45. The predicted molar refractivity (Wildman–Crippen MR) is 88.7 cm³/mol. The van der Waals surface area contributed by atoms with Gasteiger partial charge in [-0.2, -0.15) is 0 Å². The van der Waals surface area contributed by atoms with E-state index in [4.69, 9.17) is 10.5 Å². The zero-order chi connectivity index (χ0) is 13.9. The Morgan fingerprint density at radius 2 is 1.95 bits per heavy atom. The molecule has 1 aliphatic rings. The van der Waals surface area contributed by atoms with Crippen LogP contribution in [-0.2, 0) is 9.53 Å². The van der Waals surface area contributed by atoms with Gasteiger partial charge >= 0.3 is 0 Å². The fourth-order valence-corrected chi connectivity index (χ4v) is 1.75. The van der Waals surface area contributed by atoms with Gasteiger partial charge in [0.05, 0.1) is 30.6 Å². The van der Waals surface area contributed by atoms with Gasteiger partial charge < -0.3 is 20.7 Å². The number of nitrogens with two attached hydrogens (primary N) is 1. The van der Waals surface area contributed by atoms with Crippen molar-refractivity contribution in [1.29, 1.82) is 0 Å². The van der Waals surface area contributed by atoms with Crippen LogP contribution in [0, 0.1) is 0 Å². The van der Waals surface area contributed by atoms with Crippen LogP contribution in [0.15, 0.2) is 18.3 Å². The van der Waals surface area contributed by atoms with E-state index in [2.05, 4.69) is 15.2 Å². The minimum Gasteiger partial charge on any atom is -0.378 e. The molecule has 1 aromatic heterocycles. The maximum Gasteiger partial charge on any atom is 0.245 e. The first-order valence-electron chi connectivity index (χ1n) is 6.36. The summed E-state index contributed by atoms with van der Waals surface area (Å²) in [6.07, 6.45) is 1.75. The van der Waals surface area contributed by atoms with Gasteiger partial charge in [0.1, 0.15) is 5.82 Å². The van der Waals surface area contributed by atoms with E-state index in [0.29, 0.717) is 5.82 Å². The zero-order valence-corrected chi connectivity index (χ0v) is 13.8. The number of nitrogens with one attached hydrogen (secondary N) is 1. The highest BCUT2D eigenvalue weighted by molar-refractivity contribution is 5.96. The van der Waals surface area contributed by atoms with Gasteiger partial charge in [0.25, 0.3) is 0 Å². The Kier molecular flexibility index (Phi) is 7.95. The number of rotatable bonds is 3. The lowest BCUT2D eigenvalue weighted by atomic mass is 10.1. The summed E-state index contributed by atoms with van der Waals surface area (Å²) in [5.41, 5.74) is 5.84. The van der Waals surface area contributed by atoms with Crippen LogP contribution in [0.1, 0.15) is 13.8 Å². The van der Waals surface area contributed by atoms with Gasteiger partial charge in [-0.15, -0.1) is 24.8 Å². The fraction of sp³-hybridized carbons (Fsp3) is 0.538. The van der Waals surface area contributed by atoms with E-state index in [1.54, 1.807) is 26.1 Å². The monoisotopic (exact) mass is 336 g/mol. The molecule has 1 fully saturated rings. The van der Waals surface area contributed by atoms with Crippen molar-refractivity contribution in [2.75, 3.05) is 36.5 Å². The topological polar surface area (TPSA) is 80.5 Å². The summed E-state index contributed by atoms with van der Waals surface area (Å²) < 4.78 is 5.30. The molecule has 120 valence electrons. The lowest BCUT2D eigenvalue weighted by molar-refractivity contribution is -0.120. The largest absolute Gasteiger partial charge is 0.378 e. The molecule has 0 radical (unpaired) electrons. The summed E-state index contributed by atoms with van der Waals surface area (Å²) in [5, 5.41) is 2.69. The summed E-state index contributed by atoms with van der Waals surface area (Å²) in [4.78, 5) is 18.2. The normalized spacial score (nSPS) is 14.7. The number of carbonyl (C=O) groups is 1. The number of amides is 1. The van der Waals surface area contributed by atoms with Crippen molar-refractivity contribution < 1.29 is 9.53 Å². The number of halogens is 2. The summed E-state index contributed by atoms with van der Waals surface area (Å²) in [5.74, 6) is 0.264. The minimum absolute atomic E-state index is 0. The molecule has 1 saturated heterocycles. The number of aromatic nitrogens is 1. The highest BCUT2D eigenvalue weighted by Crippen LogP contribution is 2.16. The second-order valence-corrected chi connectivity index (χ2v) is 5.18. The molecule has 0 unspecified atom stereocenters. The standard InChI is InChI=1S/C13H20N4O2.2ClH/c1-13(2,14)12(18)16-11-4-3-10(9-15-11)17-5-7-19-8-6-17;;/h3-4,9H,5-8,14H2,1-2H3,(H,15,16,18);2*1H. The number of carbonyl (C=O) groups excluding carboxylic acids is 1. The van der Waals surface area contributed by atoms with E-state index in [1.807, 2.05) is 6.07 Å². The highest BCUT2D eigenvalue weighted by Gasteiger charge is 2.22.